The second-order valence-electron chi connectivity index (χ2n) is 8.66. The first kappa shape index (κ1) is 25.2. The molecule has 2 aromatic carbocycles. The van der Waals surface area contributed by atoms with Gasteiger partial charge in [-0.25, -0.2) is 12.7 Å². The van der Waals surface area contributed by atoms with Gasteiger partial charge >= 0.3 is 0 Å². The zero-order valence-electron chi connectivity index (χ0n) is 19.9. The molecular formula is C26H37N3O3S. The van der Waals surface area contributed by atoms with Crippen molar-refractivity contribution in [2.45, 2.75) is 46.1 Å². The van der Waals surface area contributed by atoms with E-state index in [2.05, 4.69) is 36.2 Å². The van der Waals surface area contributed by atoms with E-state index in [0.717, 1.165) is 37.1 Å². The predicted octanol–water partition coefficient (Wildman–Crippen LogP) is 3.82. The van der Waals surface area contributed by atoms with Gasteiger partial charge in [0.15, 0.2) is 0 Å². The van der Waals surface area contributed by atoms with Crippen LogP contribution in [0.1, 0.15) is 44.2 Å². The molecule has 0 spiro atoms. The van der Waals surface area contributed by atoms with Crippen molar-refractivity contribution in [3.63, 3.8) is 0 Å². The summed E-state index contributed by atoms with van der Waals surface area (Å²) in [7, 11) is -3.36. The van der Waals surface area contributed by atoms with Gasteiger partial charge < -0.3 is 10.2 Å². The van der Waals surface area contributed by atoms with Crippen LogP contribution in [0.2, 0.25) is 0 Å². The van der Waals surface area contributed by atoms with E-state index in [9.17, 15) is 13.2 Å². The lowest BCUT2D eigenvalue weighted by Gasteiger charge is -2.31. The fraction of sp³-hybridized carbons (Fsp3) is 0.500. The van der Waals surface area contributed by atoms with Gasteiger partial charge in [0.1, 0.15) is 0 Å². The molecule has 0 saturated carbocycles. The monoisotopic (exact) mass is 471 g/mol. The lowest BCUT2D eigenvalue weighted by molar-refractivity contribution is -0.126. The van der Waals surface area contributed by atoms with Gasteiger partial charge in [-0.15, -0.1) is 0 Å². The molecule has 1 fully saturated rings. The number of aryl methyl sites for hydroxylation is 1. The van der Waals surface area contributed by atoms with E-state index in [1.54, 1.807) is 0 Å². The molecule has 1 atom stereocenters. The van der Waals surface area contributed by atoms with Gasteiger partial charge in [-0.3, -0.25) is 4.79 Å². The molecule has 6 nitrogen and oxygen atoms in total. The number of nitrogens with zero attached hydrogens (tertiary/aromatic N) is 2. The summed E-state index contributed by atoms with van der Waals surface area (Å²) in [6.45, 7) is 7.42. The van der Waals surface area contributed by atoms with Crippen molar-refractivity contribution in [1.29, 1.82) is 0 Å². The van der Waals surface area contributed by atoms with Crippen LogP contribution in [0.15, 0.2) is 54.6 Å². The number of rotatable bonds is 11. The molecule has 1 unspecified atom stereocenters. The highest BCUT2D eigenvalue weighted by molar-refractivity contribution is 7.89. The zero-order chi connectivity index (χ0) is 23.7. The molecule has 33 heavy (non-hydrogen) atoms. The number of amides is 1. The minimum Gasteiger partial charge on any atom is -0.372 e. The van der Waals surface area contributed by atoms with Crippen LogP contribution in [0, 0.1) is 5.92 Å². The van der Waals surface area contributed by atoms with Crippen molar-refractivity contribution in [3.05, 3.63) is 65.7 Å². The third-order valence-corrected chi connectivity index (χ3v) is 8.31. The first-order chi connectivity index (χ1) is 15.9. The zero-order valence-corrected chi connectivity index (χ0v) is 20.7. The molecule has 7 heteroatoms. The molecule has 2 aromatic rings. The number of piperidine rings is 1. The van der Waals surface area contributed by atoms with E-state index in [4.69, 9.17) is 0 Å². The molecule has 1 aliphatic heterocycles. The highest BCUT2D eigenvalue weighted by atomic mass is 32.2. The standard InChI is InChI=1S/C26H37N3O3S/c1-3-28(4-2)25-16-14-23(15-17-25)20-27-26(30)24-13-8-18-29(21-24)33(31,32)19-9-12-22-10-6-5-7-11-22/h5-7,10-11,14-17,24H,3-4,8-9,12-13,18-21H2,1-2H3,(H,27,30). The van der Waals surface area contributed by atoms with Crippen LogP contribution in [0.4, 0.5) is 5.69 Å². The van der Waals surface area contributed by atoms with E-state index in [1.165, 1.54) is 9.99 Å². The molecule has 0 radical (unpaired) electrons. The van der Waals surface area contributed by atoms with Crippen LogP contribution in [-0.2, 0) is 27.8 Å². The molecule has 1 heterocycles. The van der Waals surface area contributed by atoms with E-state index in [1.807, 2.05) is 42.5 Å². The summed E-state index contributed by atoms with van der Waals surface area (Å²) in [5.74, 6) is -0.237. The van der Waals surface area contributed by atoms with Gasteiger partial charge in [-0.1, -0.05) is 42.5 Å². The van der Waals surface area contributed by atoms with E-state index >= 15 is 0 Å². The molecule has 1 amide bonds. The number of hydrogen-bond acceptors (Lipinski definition) is 4. The molecular weight excluding hydrogens is 434 g/mol. The van der Waals surface area contributed by atoms with Crippen LogP contribution in [0.3, 0.4) is 0 Å². The summed E-state index contributed by atoms with van der Waals surface area (Å²) in [6.07, 6.45) is 2.77. The van der Waals surface area contributed by atoms with Crippen molar-refractivity contribution in [2.75, 3.05) is 36.8 Å². The Balaban J connectivity index is 1.48. The molecule has 0 bridgehead atoms. The van der Waals surface area contributed by atoms with Gasteiger partial charge in [0.25, 0.3) is 0 Å². The van der Waals surface area contributed by atoms with Gasteiger partial charge in [0, 0.05) is 38.4 Å². The Labute approximate surface area is 199 Å². The number of nitrogens with one attached hydrogen (secondary N) is 1. The molecule has 1 aliphatic rings. The topological polar surface area (TPSA) is 69.7 Å². The summed E-state index contributed by atoms with van der Waals surface area (Å²) < 4.78 is 27.2. The third-order valence-electron chi connectivity index (χ3n) is 6.39. The first-order valence-corrected chi connectivity index (χ1v) is 13.7. The van der Waals surface area contributed by atoms with Crippen molar-refractivity contribution in [2.24, 2.45) is 5.92 Å². The Morgan fingerprint density at radius 2 is 1.73 bits per heavy atom. The summed E-state index contributed by atoms with van der Waals surface area (Å²) >= 11 is 0. The number of anilines is 1. The average molecular weight is 472 g/mol. The van der Waals surface area contributed by atoms with Gasteiger partial charge in [-0.05, 0) is 62.8 Å². The summed E-state index contributed by atoms with van der Waals surface area (Å²) in [5, 5.41) is 3.01. The summed E-state index contributed by atoms with van der Waals surface area (Å²) in [4.78, 5) is 15.0. The minimum atomic E-state index is -3.36. The lowest BCUT2D eigenvalue weighted by atomic mass is 9.98. The Morgan fingerprint density at radius 3 is 2.39 bits per heavy atom. The molecule has 0 aliphatic carbocycles. The highest BCUT2D eigenvalue weighted by Crippen LogP contribution is 2.21. The number of carbonyl (C=O) groups is 1. The van der Waals surface area contributed by atoms with Crippen molar-refractivity contribution < 1.29 is 13.2 Å². The van der Waals surface area contributed by atoms with E-state index < -0.39 is 10.0 Å². The van der Waals surface area contributed by atoms with Crippen LogP contribution >= 0.6 is 0 Å². The van der Waals surface area contributed by atoms with Crippen LogP contribution < -0.4 is 10.2 Å². The maximum absolute atomic E-state index is 12.9. The van der Waals surface area contributed by atoms with Gasteiger partial charge in [0.2, 0.25) is 15.9 Å². The van der Waals surface area contributed by atoms with Crippen molar-refractivity contribution >= 4 is 21.6 Å². The second-order valence-corrected chi connectivity index (χ2v) is 10.7. The van der Waals surface area contributed by atoms with Crippen LogP contribution in [0.25, 0.3) is 0 Å². The minimum absolute atomic E-state index is 0.0630. The second kappa shape index (κ2) is 12.2. The Kier molecular flexibility index (Phi) is 9.32. The third kappa shape index (κ3) is 7.30. The maximum atomic E-state index is 12.9. The van der Waals surface area contributed by atoms with Crippen molar-refractivity contribution in [3.8, 4) is 0 Å². The Morgan fingerprint density at radius 1 is 1.03 bits per heavy atom. The summed E-state index contributed by atoms with van der Waals surface area (Å²) in [5.41, 5.74) is 3.37. The number of hydrogen-bond donors (Lipinski definition) is 1. The van der Waals surface area contributed by atoms with Crippen LogP contribution in [-0.4, -0.2) is 50.6 Å². The molecule has 1 N–H and O–H groups in total. The summed E-state index contributed by atoms with van der Waals surface area (Å²) in [6, 6.07) is 18.2. The molecule has 0 aromatic heterocycles. The maximum Gasteiger partial charge on any atom is 0.224 e. The van der Waals surface area contributed by atoms with Gasteiger partial charge in [-0.2, -0.15) is 0 Å². The molecule has 3 rings (SSSR count). The molecule has 180 valence electrons. The van der Waals surface area contributed by atoms with Crippen LogP contribution in [0.5, 0.6) is 0 Å². The Bertz CT molecular complexity index is 974. The number of sulfonamides is 1. The quantitative estimate of drug-likeness (QED) is 0.541. The van der Waals surface area contributed by atoms with Crippen molar-refractivity contribution in [1.82, 2.24) is 9.62 Å². The fourth-order valence-electron chi connectivity index (χ4n) is 4.39. The van der Waals surface area contributed by atoms with Gasteiger partial charge in [0.05, 0.1) is 11.7 Å². The fourth-order valence-corrected chi connectivity index (χ4v) is 5.97. The lowest BCUT2D eigenvalue weighted by Crippen LogP contribution is -2.46. The largest absolute Gasteiger partial charge is 0.372 e. The smallest absolute Gasteiger partial charge is 0.224 e. The highest BCUT2D eigenvalue weighted by Gasteiger charge is 2.31. The average Bonchev–Trinajstić information content (AvgIpc) is 2.85. The Hall–Kier alpha value is -2.38. The number of benzene rings is 2. The first-order valence-electron chi connectivity index (χ1n) is 12.1. The molecule has 1 saturated heterocycles. The normalized spacial score (nSPS) is 17.0. The van der Waals surface area contributed by atoms with E-state index in [-0.39, 0.29) is 24.1 Å². The predicted molar refractivity (Wildman–Crippen MR) is 135 cm³/mol. The number of carbonyl (C=O) groups excluding carboxylic acids is 1. The van der Waals surface area contributed by atoms with E-state index in [0.29, 0.717) is 25.9 Å². The SMILES string of the molecule is CCN(CC)c1ccc(CNC(=O)C2CCCN(S(=O)(=O)CCCc3ccccc3)C2)cc1.